The Morgan fingerprint density at radius 2 is 1.80 bits per heavy atom. The first-order valence-corrected chi connectivity index (χ1v) is 10.6. The first-order valence-electron chi connectivity index (χ1n) is 10.6. The Kier molecular flexibility index (Phi) is 9.79. The first kappa shape index (κ1) is 27.3. The van der Waals surface area contributed by atoms with Crippen LogP contribution in [0.5, 0.6) is 5.75 Å². The molecule has 11 nitrogen and oxygen atoms in total. The predicted octanol–water partition coefficient (Wildman–Crippen LogP) is 1.39. The van der Waals surface area contributed by atoms with Gasteiger partial charge >= 0.3 is 12.1 Å². The van der Waals surface area contributed by atoms with Gasteiger partial charge in [-0.15, -0.1) is 0 Å². The summed E-state index contributed by atoms with van der Waals surface area (Å²) >= 11 is 0. The third kappa shape index (κ3) is 7.55. The van der Waals surface area contributed by atoms with Crippen molar-refractivity contribution in [3.8, 4) is 5.75 Å². The molecule has 5 N–H and O–H groups in total. The number of phenolic OH excluding ortho intramolecular Hbond substituents is 1. The number of hydrogen-bond acceptors (Lipinski definition) is 7. The van der Waals surface area contributed by atoms with Crippen molar-refractivity contribution in [2.24, 2.45) is 0 Å². The number of carboxylic acids is 1. The fourth-order valence-electron chi connectivity index (χ4n) is 3.42. The molecular formula is C23H28FN3O8. The number of nitrogens with one attached hydrogen (secondary N) is 1. The largest absolute Gasteiger partial charge is 0.508 e. The first-order chi connectivity index (χ1) is 16.2. The van der Waals surface area contributed by atoms with E-state index < -0.39 is 18.2 Å². The number of aromatic carboxylic acids is 1. The Morgan fingerprint density at radius 3 is 2.37 bits per heavy atom. The van der Waals surface area contributed by atoms with Crippen molar-refractivity contribution < 1.29 is 43.9 Å². The fraction of sp³-hybridized carbons (Fsp3) is 0.348. The van der Waals surface area contributed by atoms with Crippen LogP contribution in [0.4, 0.5) is 20.6 Å². The maximum absolute atomic E-state index is 14.4. The van der Waals surface area contributed by atoms with Crippen LogP contribution < -0.4 is 15.1 Å². The number of halogens is 1. The van der Waals surface area contributed by atoms with Gasteiger partial charge in [-0.3, -0.25) is 9.69 Å². The Hall–Kier alpha value is -3.90. The highest BCUT2D eigenvalue weighted by Crippen LogP contribution is 2.28. The SMILES string of the molecule is CC(=O)NC[C@H]1CN(c2ccc(N3CCOCC3)c(F)c2)C(=O)O1.O.O=C(O)c1ccc(O)cc1. The summed E-state index contributed by atoms with van der Waals surface area (Å²) in [6, 6.07) is 10.1. The van der Waals surface area contributed by atoms with Crippen molar-refractivity contribution in [3.05, 3.63) is 53.8 Å². The molecule has 0 aromatic heterocycles. The highest BCUT2D eigenvalue weighted by atomic mass is 19.1. The monoisotopic (exact) mass is 493 g/mol. The number of aromatic hydroxyl groups is 1. The lowest BCUT2D eigenvalue weighted by atomic mass is 10.2. The van der Waals surface area contributed by atoms with Crippen molar-refractivity contribution in [3.63, 3.8) is 0 Å². The number of morpholine rings is 1. The van der Waals surface area contributed by atoms with Crippen LogP contribution in [0.15, 0.2) is 42.5 Å². The summed E-state index contributed by atoms with van der Waals surface area (Å²) in [7, 11) is 0. The maximum atomic E-state index is 14.4. The molecule has 0 bridgehead atoms. The Balaban J connectivity index is 0.000000332. The molecule has 2 aromatic rings. The third-order valence-corrected chi connectivity index (χ3v) is 5.16. The molecule has 0 spiro atoms. The minimum absolute atomic E-state index is 0. The lowest BCUT2D eigenvalue weighted by molar-refractivity contribution is -0.119. The van der Waals surface area contributed by atoms with Crippen LogP contribution in [0.3, 0.4) is 0 Å². The van der Waals surface area contributed by atoms with E-state index in [2.05, 4.69) is 5.32 Å². The van der Waals surface area contributed by atoms with Gasteiger partial charge in [-0.25, -0.2) is 14.0 Å². The molecule has 35 heavy (non-hydrogen) atoms. The zero-order valence-corrected chi connectivity index (χ0v) is 19.1. The van der Waals surface area contributed by atoms with Crippen molar-refractivity contribution in [1.29, 1.82) is 0 Å². The Labute approximate surface area is 201 Å². The van der Waals surface area contributed by atoms with Gasteiger partial charge in [0.2, 0.25) is 5.91 Å². The topological polar surface area (TPSA) is 160 Å². The van der Waals surface area contributed by atoms with E-state index in [0.29, 0.717) is 37.7 Å². The molecule has 0 unspecified atom stereocenters. The summed E-state index contributed by atoms with van der Waals surface area (Å²) in [4.78, 5) is 36.4. The minimum Gasteiger partial charge on any atom is -0.508 e. The normalized spacial score (nSPS) is 17.0. The van der Waals surface area contributed by atoms with Crippen molar-refractivity contribution in [2.45, 2.75) is 13.0 Å². The third-order valence-electron chi connectivity index (χ3n) is 5.16. The van der Waals surface area contributed by atoms with E-state index in [1.807, 2.05) is 4.90 Å². The zero-order chi connectivity index (χ0) is 24.7. The summed E-state index contributed by atoms with van der Waals surface area (Å²) in [6.07, 6.45) is -0.979. The number of ether oxygens (including phenoxy) is 2. The number of benzene rings is 2. The predicted molar refractivity (Wildman–Crippen MR) is 124 cm³/mol. The smallest absolute Gasteiger partial charge is 0.414 e. The van der Waals surface area contributed by atoms with Gasteiger partial charge in [0.05, 0.1) is 43.2 Å². The molecule has 2 aliphatic heterocycles. The number of amides is 2. The van der Waals surface area contributed by atoms with Crippen LogP contribution in [0.1, 0.15) is 17.3 Å². The van der Waals surface area contributed by atoms with Crippen LogP contribution in [0.2, 0.25) is 0 Å². The van der Waals surface area contributed by atoms with Gasteiger partial charge in [0, 0.05) is 20.0 Å². The van der Waals surface area contributed by atoms with E-state index in [1.54, 1.807) is 12.1 Å². The average molecular weight is 493 g/mol. The number of carbonyl (C=O) groups is 3. The lowest BCUT2D eigenvalue weighted by Gasteiger charge is -2.29. The van der Waals surface area contributed by atoms with Gasteiger partial charge in [-0.05, 0) is 42.5 Å². The summed E-state index contributed by atoms with van der Waals surface area (Å²) in [5.74, 6) is -1.48. The number of phenols is 1. The molecule has 2 amide bonds. The van der Waals surface area contributed by atoms with E-state index in [-0.39, 0.29) is 41.6 Å². The Morgan fingerprint density at radius 1 is 1.14 bits per heavy atom. The molecule has 2 aromatic carbocycles. The highest BCUT2D eigenvalue weighted by molar-refractivity contribution is 5.90. The van der Waals surface area contributed by atoms with E-state index in [4.69, 9.17) is 19.7 Å². The number of nitrogens with zero attached hydrogens (tertiary/aromatic N) is 2. The molecule has 2 heterocycles. The second-order valence-electron chi connectivity index (χ2n) is 7.64. The van der Waals surface area contributed by atoms with E-state index in [9.17, 15) is 18.8 Å². The van der Waals surface area contributed by atoms with E-state index in [1.165, 1.54) is 42.2 Å². The molecule has 190 valence electrons. The van der Waals surface area contributed by atoms with Crippen molar-refractivity contribution >= 4 is 29.3 Å². The van der Waals surface area contributed by atoms with Gasteiger partial charge in [0.25, 0.3) is 0 Å². The van der Waals surface area contributed by atoms with Crippen LogP contribution in [0.25, 0.3) is 0 Å². The van der Waals surface area contributed by atoms with Crippen molar-refractivity contribution in [2.75, 3.05) is 49.2 Å². The molecule has 0 aliphatic carbocycles. The summed E-state index contributed by atoms with van der Waals surface area (Å²) < 4.78 is 24.9. The molecule has 0 radical (unpaired) electrons. The Bertz CT molecular complexity index is 1030. The fourth-order valence-corrected chi connectivity index (χ4v) is 3.42. The number of carboxylic acid groups (broad SMARTS) is 1. The number of cyclic esters (lactones) is 1. The second-order valence-corrected chi connectivity index (χ2v) is 7.64. The van der Waals surface area contributed by atoms with Crippen molar-refractivity contribution in [1.82, 2.24) is 5.32 Å². The maximum Gasteiger partial charge on any atom is 0.414 e. The van der Waals surface area contributed by atoms with E-state index in [0.717, 1.165) is 0 Å². The summed E-state index contributed by atoms with van der Waals surface area (Å²) in [5.41, 5.74) is 1.13. The minimum atomic E-state index is -0.986. The standard InChI is InChI=1S/C16H20FN3O4.C7H6O3.H2O/c1-11(21)18-9-13-10-20(16(22)24-13)12-2-3-15(14(17)8-12)19-4-6-23-7-5-19;8-6-3-1-5(2-4-6)7(9)10;/h2-3,8,13H,4-7,9-10H2,1H3,(H,18,21);1-4,8H,(H,9,10);1H2/t13-;;/m0../s1. The summed E-state index contributed by atoms with van der Waals surface area (Å²) in [6.45, 7) is 4.34. The van der Waals surface area contributed by atoms with Gasteiger partial charge in [-0.2, -0.15) is 0 Å². The molecule has 1 atom stereocenters. The lowest BCUT2D eigenvalue weighted by Crippen LogP contribution is -2.36. The average Bonchev–Trinajstić information content (AvgIpc) is 3.19. The molecular weight excluding hydrogens is 465 g/mol. The molecule has 2 saturated heterocycles. The molecule has 12 heteroatoms. The molecule has 0 saturated carbocycles. The van der Waals surface area contributed by atoms with Crippen LogP contribution in [-0.4, -0.2) is 79.2 Å². The van der Waals surface area contributed by atoms with Gasteiger partial charge < -0.3 is 35.4 Å². The quantitative estimate of drug-likeness (QED) is 0.563. The summed E-state index contributed by atoms with van der Waals surface area (Å²) in [5, 5.41) is 19.7. The molecule has 2 aliphatic rings. The highest BCUT2D eigenvalue weighted by Gasteiger charge is 2.33. The van der Waals surface area contributed by atoms with Gasteiger partial charge in [0.15, 0.2) is 0 Å². The van der Waals surface area contributed by atoms with E-state index >= 15 is 0 Å². The van der Waals surface area contributed by atoms with Crippen LogP contribution in [-0.2, 0) is 14.3 Å². The number of hydrogen-bond donors (Lipinski definition) is 3. The second kappa shape index (κ2) is 12.5. The van der Waals surface area contributed by atoms with Crippen LogP contribution >= 0.6 is 0 Å². The van der Waals surface area contributed by atoms with Gasteiger partial charge in [0.1, 0.15) is 17.7 Å². The number of carbonyl (C=O) groups excluding carboxylic acids is 2. The zero-order valence-electron chi connectivity index (χ0n) is 19.1. The van der Waals surface area contributed by atoms with Gasteiger partial charge in [-0.1, -0.05) is 0 Å². The molecule has 4 rings (SSSR count). The number of rotatable bonds is 5. The molecule has 2 fully saturated rings. The number of anilines is 2. The van der Waals surface area contributed by atoms with Crippen LogP contribution in [0, 0.1) is 5.82 Å².